The number of aliphatic hydroxyl groups is 1. The van der Waals surface area contributed by atoms with Gasteiger partial charge in [0, 0.05) is 33.3 Å². The number of nitrogens with zero attached hydrogens (tertiary/aromatic N) is 2. The summed E-state index contributed by atoms with van der Waals surface area (Å²) in [6.45, 7) is 1.87. The first-order chi connectivity index (χ1) is 11.7. The Bertz CT molecular complexity index is 772. The molecule has 25 heavy (non-hydrogen) atoms. The molecule has 1 aromatic rings. The van der Waals surface area contributed by atoms with Gasteiger partial charge in [0.05, 0.1) is 16.9 Å². The minimum atomic E-state index is -3.84. The maximum atomic E-state index is 12.6. The van der Waals surface area contributed by atoms with E-state index >= 15 is 0 Å². The fraction of sp³-hybridized carbons (Fsp3) is 0.533. The van der Waals surface area contributed by atoms with E-state index in [9.17, 15) is 13.5 Å². The Morgan fingerprint density at radius 1 is 1.56 bits per heavy atom. The van der Waals surface area contributed by atoms with Crippen molar-refractivity contribution in [1.82, 2.24) is 9.62 Å². The van der Waals surface area contributed by atoms with Crippen LogP contribution in [-0.2, 0) is 20.5 Å². The summed E-state index contributed by atoms with van der Waals surface area (Å²) >= 11 is 7.50. The first-order valence-corrected chi connectivity index (χ1v) is 10.4. The van der Waals surface area contributed by atoms with Crippen molar-refractivity contribution < 1.29 is 18.3 Å². The number of nitrogens with one attached hydrogen (secondary N) is 1. The fourth-order valence-corrected chi connectivity index (χ4v) is 5.16. The number of sulfonamides is 1. The molecule has 0 radical (unpaired) electrons. The summed E-state index contributed by atoms with van der Waals surface area (Å²) in [5.41, 5.74) is -0.917. The Balaban J connectivity index is 2.38. The van der Waals surface area contributed by atoms with E-state index in [0.29, 0.717) is 16.5 Å². The van der Waals surface area contributed by atoms with Crippen LogP contribution in [0.2, 0.25) is 5.02 Å². The van der Waals surface area contributed by atoms with Crippen LogP contribution < -0.4 is 4.72 Å². The molecule has 1 saturated heterocycles. The number of hydrogen-bond donors (Lipinski definition) is 2. The lowest BCUT2D eigenvalue weighted by atomic mass is 10.0. The summed E-state index contributed by atoms with van der Waals surface area (Å²) in [4.78, 5) is 5.65. The van der Waals surface area contributed by atoms with Crippen molar-refractivity contribution >= 4 is 38.6 Å². The van der Waals surface area contributed by atoms with Gasteiger partial charge in [-0.25, -0.2) is 13.1 Å². The van der Waals surface area contributed by atoms with Crippen molar-refractivity contribution in [3.63, 3.8) is 0 Å². The molecular formula is C15H22ClN3O4S2. The highest BCUT2D eigenvalue weighted by Crippen LogP contribution is 2.39. The van der Waals surface area contributed by atoms with Crippen LogP contribution in [0.15, 0.2) is 28.1 Å². The Morgan fingerprint density at radius 3 is 2.80 bits per heavy atom. The van der Waals surface area contributed by atoms with Crippen LogP contribution in [0.25, 0.3) is 0 Å². The van der Waals surface area contributed by atoms with Gasteiger partial charge in [-0.05, 0) is 19.1 Å². The molecule has 2 unspecified atom stereocenters. The van der Waals surface area contributed by atoms with E-state index in [2.05, 4.69) is 9.71 Å². The van der Waals surface area contributed by atoms with Crippen molar-refractivity contribution in [3.8, 4) is 0 Å². The van der Waals surface area contributed by atoms with Crippen LogP contribution in [0, 0.1) is 0 Å². The van der Waals surface area contributed by atoms with Gasteiger partial charge in [-0.2, -0.15) is 0 Å². The molecule has 10 heteroatoms. The standard InChI is InChI=1S/C15H22ClN3O4S2/c1-10(23-4)8-18-25(21,22)13-7-11(5-6-12(13)16)15(20)9-24-14(17-2)19(15)3/h5-7,10,18,20H,8-9H2,1-4H3. The predicted octanol–water partition coefficient (Wildman–Crippen LogP) is 1.46. The molecular weight excluding hydrogens is 386 g/mol. The molecule has 2 rings (SSSR count). The number of halogens is 1. The lowest BCUT2D eigenvalue weighted by molar-refractivity contribution is -0.0349. The molecule has 2 atom stereocenters. The van der Waals surface area contributed by atoms with E-state index in [1.807, 2.05) is 0 Å². The normalized spacial score (nSPS) is 24.1. The van der Waals surface area contributed by atoms with E-state index in [0.717, 1.165) is 0 Å². The van der Waals surface area contributed by atoms with E-state index in [1.165, 1.54) is 31.0 Å². The Labute approximate surface area is 157 Å². The van der Waals surface area contributed by atoms with Gasteiger partial charge < -0.3 is 14.7 Å². The summed E-state index contributed by atoms with van der Waals surface area (Å²) in [5.74, 6) is 0.339. The molecule has 140 valence electrons. The van der Waals surface area contributed by atoms with Crippen molar-refractivity contribution in [1.29, 1.82) is 0 Å². The molecule has 0 amide bonds. The molecule has 1 fully saturated rings. The largest absolute Gasteiger partial charge is 0.380 e. The van der Waals surface area contributed by atoms with Crippen LogP contribution in [-0.4, -0.2) is 63.2 Å². The number of rotatable bonds is 6. The molecule has 1 aliphatic heterocycles. The molecule has 0 bridgehead atoms. The van der Waals surface area contributed by atoms with Gasteiger partial charge in [-0.1, -0.05) is 29.4 Å². The van der Waals surface area contributed by atoms with Crippen molar-refractivity contribution in [2.24, 2.45) is 4.99 Å². The zero-order valence-corrected chi connectivity index (χ0v) is 16.9. The highest BCUT2D eigenvalue weighted by atomic mass is 35.5. The zero-order chi connectivity index (χ0) is 18.8. The summed E-state index contributed by atoms with van der Waals surface area (Å²) in [7, 11) is 1.02. The topological polar surface area (TPSA) is 91.2 Å². The maximum Gasteiger partial charge on any atom is 0.242 e. The quantitative estimate of drug-likeness (QED) is 0.741. The van der Waals surface area contributed by atoms with Crippen molar-refractivity contribution in [2.75, 3.05) is 33.5 Å². The SMILES string of the molecule is CN=C1SCC(O)(c2ccc(Cl)c(S(=O)(=O)NCC(C)OC)c2)N1C. The number of benzene rings is 1. The number of ether oxygens (including phenoxy) is 1. The number of methoxy groups -OCH3 is 1. The molecule has 0 aromatic heterocycles. The number of amidine groups is 1. The summed E-state index contributed by atoms with van der Waals surface area (Å²) in [6, 6.07) is 4.50. The minimum Gasteiger partial charge on any atom is -0.380 e. The van der Waals surface area contributed by atoms with Gasteiger partial charge in [0.25, 0.3) is 0 Å². The van der Waals surface area contributed by atoms with Crippen molar-refractivity contribution in [2.45, 2.75) is 23.6 Å². The van der Waals surface area contributed by atoms with Crippen LogP contribution in [0.1, 0.15) is 12.5 Å². The highest BCUT2D eigenvalue weighted by Gasteiger charge is 2.43. The minimum absolute atomic E-state index is 0.0799. The Morgan fingerprint density at radius 2 is 2.24 bits per heavy atom. The molecule has 1 aromatic carbocycles. The molecule has 7 nitrogen and oxygen atoms in total. The van der Waals surface area contributed by atoms with Gasteiger partial charge in [0.1, 0.15) is 4.90 Å². The van der Waals surface area contributed by atoms with Crippen LogP contribution in [0.5, 0.6) is 0 Å². The van der Waals surface area contributed by atoms with Gasteiger partial charge in [-0.15, -0.1) is 0 Å². The van der Waals surface area contributed by atoms with Crippen LogP contribution in [0.4, 0.5) is 0 Å². The number of thioether (sulfide) groups is 1. The molecule has 1 heterocycles. The second-order valence-corrected chi connectivity index (χ2v) is 8.80. The predicted molar refractivity (Wildman–Crippen MR) is 101 cm³/mol. The molecule has 0 aliphatic carbocycles. The van der Waals surface area contributed by atoms with Gasteiger partial charge in [-0.3, -0.25) is 4.99 Å². The first-order valence-electron chi connectivity index (χ1n) is 7.54. The molecule has 0 saturated carbocycles. The Hall–Kier alpha value is -0.840. The lowest BCUT2D eigenvalue weighted by Gasteiger charge is -2.31. The van der Waals surface area contributed by atoms with Gasteiger partial charge in [0.15, 0.2) is 10.9 Å². The summed E-state index contributed by atoms with van der Waals surface area (Å²) in [5, 5.41) is 11.8. The second kappa shape index (κ2) is 7.81. The highest BCUT2D eigenvalue weighted by molar-refractivity contribution is 8.14. The monoisotopic (exact) mass is 407 g/mol. The molecule has 1 aliphatic rings. The molecule has 0 spiro atoms. The summed E-state index contributed by atoms with van der Waals surface area (Å²) < 4.78 is 32.7. The third-order valence-corrected chi connectivity index (χ3v) is 7.25. The molecule has 2 N–H and O–H groups in total. The fourth-order valence-electron chi connectivity index (χ4n) is 2.36. The van der Waals surface area contributed by atoms with Crippen molar-refractivity contribution in [3.05, 3.63) is 28.8 Å². The average molecular weight is 408 g/mol. The van der Waals surface area contributed by atoms with Crippen LogP contribution >= 0.6 is 23.4 Å². The van der Waals surface area contributed by atoms with Crippen LogP contribution in [0.3, 0.4) is 0 Å². The Kier molecular flexibility index (Phi) is 6.40. The average Bonchev–Trinajstić information content (AvgIpc) is 2.88. The smallest absolute Gasteiger partial charge is 0.242 e. The van der Waals surface area contributed by atoms with E-state index in [1.54, 1.807) is 32.0 Å². The summed E-state index contributed by atoms with van der Waals surface area (Å²) in [6.07, 6.45) is -0.276. The number of aliphatic imine (C=N–C) groups is 1. The lowest BCUT2D eigenvalue weighted by Crippen LogP contribution is -2.42. The zero-order valence-electron chi connectivity index (χ0n) is 14.5. The number of hydrogen-bond acceptors (Lipinski definition) is 6. The van der Waals surface area contributed by atoms with E-state index < -0.39 is 15.7 Å². The van der Waals surface area contributed by atoms with Gasteiger partial charge >= 0.3 is 0 Å². The van der Waals surface area contributed by atoms with Gasteiger partial charge in [0.2, 0.25) is 10.0 Å². The second-order valence-electron chi connectivity index (χ2n) is 5.71. The first kappa shape index (κ1) is 20.5. The van der Waals surface area contributed by atoms with E-state index in [-0.39, 0.29) is 22.6 Å². The third-order valence-electron chi connectivity index (χ3n) is 4.08. The maximum absolute atomic E-state index is 12.6. The third kappa shape index (κ3) is 4.12. The van der Waals surface area contributed by atoms with E-state index in [4.69, 9.17) is 16.3 Å².